The largest absolute Gasteiger partial charge is 0.347 e. The van der Waals surface area contributed by atoms with Crippen molar-refractivity contribution < 1.29 is 13.2 Å². The molecule has 0 fully saturated rings. The van der Waals surface area contributed by atoms with Gasteiger partial charge in [-0.3, -0.25) is 4.79 Å². The van der Waals surface area contributed by atoms with Crippen LogP contribution in [0.25, 0.3) is 0 Å². The van der Waals surface area contributed by atoms with Crippen molar-refractivity contribution in [3.8, 4) is 0 Å². The summed E-state index contributed by atoms with van der Waals surface area (Å²) in [6.45, 7) is 3.89. The van der Waals surface area contributed by atoms with Gasteiger partial charge in [-0.2, -0.15) is 0 Å². The molecule has 0 saturated carbocycles. The minimum atomic E-state index is -3.86. The van der Waals surface area contributed by atoms with Gasteiger partial charge in [0.05, 0.1) is 5.56 Å². The first-order valence-corrected chi connectivity index (χ1v) is 9.07. The van der Waals surface area contributed by atoms with Crippen LogP contribution < -0.4 is 10.5 Å². The van der Waals surface area contributed by atoms with E-state index in [0.29, 0.717) is 0 Å². The number of nitrogens with zero attached hydrogens (tertiary/aromatic N) is 1. The zero-order valence-electron chi connectivity index (χ0n) is 13.7. The number of primary sulfonamides is 1. The summed E-state index contributed by atoms with van der Waals surface area (Å²) in [6, 6.07) is 12.7. The van der Waals surface area contributed by atoms with Crippen LogP contribution in [-0.4, -0.2) is 24.8 Å². The third-order valence-electron chi connectivity index (χ3n) is 3.62. The number of carbonyl (C=O) groups excluding carboxylic acids is 1. The zero-order chi connectivity index (χ0) is 17.8. The van der Waals surface area contributed by atoms with Gasteiger partial charge in [-0.05, 0) is 44.4 Å². The first-order valence-electron chi connectivity index (χ1n) is 7.53. The molecule has 0 aliphatic rings. The molecule has 0 radical (unpaired) electrons. The molecule has 0 saturated heterocycles. The van der Waals surface area contributed by atoms with E-state index >= 15 is 0 Å². The molecule has 0 spiro atoms. The molecule has 6 nitrogen and oxygen atoms in total. The maximum atomic E-state index is 12.3. The van der Waals surface area contributed by atoms with Gasteiger partial charge in [-0.1, -0.05) is 30.3 Å². The van der Waals surface area contributed by atoms with Crippen molar-refractivity contribution >= 4 is 15.9 Å². The smallest absolute Gasteiger partial charge is 0.255 e. The second kappa shape index (κ2) is 7.11. The normalized spacial score (nSPS) is 12.0. The Bertz CT molecular complexity index is 801. The Morgan fingerprint density at radius 3 is 2.38 bits per heavy atom. The van der Waals surface area contributed by atoms with Crippen molar-refractivity contribution in [1.29, 1.82) is 0 Å². The molecule has 0 unspecified atom stereocenters. The third-order valence-corrected chi connectivity index (χ3v) is 4.45. The number of pyridine rings is 1. The Balaban J connectivity index is 1.99. The Hall–Kier alpha value is -2.25. The van der Waals surface area contributed by atoms with Crippen molar-refractivity contribution in [2.24, 2.45) is 5.14 Å². The summed E-state index contributed by atoms with van der Waals surface area (Å²) >= 11 is 0. The van der Waals surface area contributed by atoms with Crippen LogP contribution in [0.3, 0.4) is 0 Å². The number of nitrogens with two attached hydrogens (primary N) is 1. The quantitative estimate of drug-likeness (QED) is 0.832. The lowest BCUT2D eigenvalue weighted by atomic mass is 9.95. The molecule has 0 bridgehead atoms. The van der Waals surface area contributed by atoms with E-state index in [4.69, 9.17) is 5.14 Å². The number of amides is 1. The van der Waals surface area contributed by atoms with Crippen molar-refractivity contribution in [1.82, 2.24) is 10.3 Å². The lowest BCUT2D eigenvalue weighted by Gasteiger charge is -2.26. The minimum Gasteiger partial charge on any atom is -0.347 e. The second-order valence-corrected chi connectivity index (χ2v) is 7.76. The van der Waals surface area contributed by atoms with Gasteiger partial charge in [0.2, 0.25) is 0 Å². The fourth-order valence-corrected chi connectivity index (χ4v) is 2.68. The molecule has 0 atom stereocenters. The number of hydrogen-bond acceptors (Lipinski definition) is 4. The van der Waals surface area contributed by atoms with Gasteiger partial charge in [-0.25, -0.2) is 18.5 Å². The summed E-state index contributed by atoms with van der Waals surface area (Å²) in [4.78, 5) is 16.0. The molecule has 7 heteroatoms. The fraction of sp³-hybridized carbons (Fsp3) is 0.294. The molecule has 0 aliphatic carbocycles. The molecular formula is C17H21N3O3S. The molecule has 3 N–H and O–H groups in total. The van der Waals surface area contributed by atoms with Gasteiger partial charge in [0.15, 0.2) is 5.03 Å². The summed E-state index contributed by atoms with van der Waals surface area (Å²) in [5.41, 5.74) is 1.08. The highest BCUT2D eigenvalue weighted by Crippen LogP contribution is 2.15. The average Bonchev–Trinajstić information content (AvgIpc) is 2.53. The average molecular weight is 347 g/mol. The molecular weight excluding hydrogens is 326 g/mol. The summed E-state index contributed by atoms with van der Waals surface area (Å²) < 4.78 is 22.4. The molecule has 0 aliphatic heterocycles. The van der Waals surface area contributed by atoms with Crippen LogP contribution in [0.5, 0.6) is 0 Å². The maximum absolute atomic E-state index is 12.3. The number of aryl methyl sites for hydroxylation is 1. The molecule has 1 aromatic heterocycles. The molecule has 1 aromatic carbocycles. The molecule has 1 amide bonds. The van der Waals surface area contributed by atoms with Crippen LogP contribution in [0, 0.1) is 0 Å². The highest BCUT2D eigenvalue weighted by atomic mass is 32.2. The molecule has 128 valence electrons. The summed E-state index contributed by atoms with van der Waals surface area (Å²) in [5.74, 6) is -0.304. The van der Waals surface area contributed by atoms with Crippen LogP contribution in [0.1, 0.15) is 36.2 Å². The predicted octanol–water partition coefficient (Wildman–Crippen LogP) is 1.87. The van der Waals surface area contributed by atoms with Crippen molar-refractivity contribution in [2.75, 3.05) is 0 Å². The van der Waals surface area contributed by atoms with E-state index in [1.807, 2.05) is 44.2 Å². The zero-order valence-corrected chi connectivity index (χ0v) is 14.5. The first kappa shape index (κ1) is 18.1. The van der Waals surface area contributed by atoms with Crippen LogP contribution in [0.2, 0.25) is 0 Å². The van der Waals surface area contributed by atoms with Crippen molar-refractivity contribution in [3.63, 3.8) is 0 Å². The standard InChI is InChI=1S/C17H21N3O3S/c1-17(2,11-10-13-6-4-3-5-7-13)20-16(21)14-8-9-15(19-12-14)24(18,22)23/h3-9,12H,10-11H2,1-2H3,(H,20,21)(H2,18,22,23). The van der Waals surface area contributed by atoms with Gasteiger partial charge in [0.1, 0.15) is 0 Å². The Morgan fingerprint density at radius 2 is 1.83 bits per heavy atom. The first-order chi connectivity index (χ1) is 11.2. The van der Waals surface area contributed by atoms with Gasteiger partial charge < -0.3 is 5.32 Å². The van der Waals surface area contributed by atoms with E-state index in [-0.39, 0.29) is 16.5 Å². The van der Waals surface area contributed by atoms with E-state index in [0.717, 1.165) is 12.8 Å². The maximum Gasteiger partial charge on any atom is 0.255 e. The van der Waals surface area contributed by atoms with Crippen LogP contribution in [0.4, 0.5) is 0 Å². The second-order valence-electron chi connectivity index (χ2n) is 6.25. The number of rotatable bonds is 6. The van der Waals surface area contributed by atoms with E-state index in [1.165, 1.54) is 23.9 Å². The Kier molecular flexibility index (Phi) is 5.36. The Labute approximate surface area is 142 Å². The van der Waals surface area contributed by atoms with Crippen LogP contribution >= 0.6 is 0 Å². The number of sulfonamides is 1. The van der Waals surface area contributed by atoms with Crippen LogP contribution in [0.15, 0.2) is 53.7 Å². The lowest BCUT2D eigenvalue weighted by Crippen LogP contribution is -2.43. The van der Waals surface area contributed by atoms with Gasteiger partial charge >= 0.3 is 0 Å². The van der Waals surface area contributed by atoms with E-state index in [1.54, 1.807) is 0 Å². The Morgan fingerprint density at radius 1 is 1.17 bits per heavy atom. The molecule has 24 heavy (non-hydrogen) atoms. The lowest BCUT2D eigenvalue weighted by molar-refractivity contribution is 0.0909. The van der Waals surface area contributed by atoms with Gasteiger partial charge in [-0.15, -0.1) is 0 Å². The number of benzene rings is 1. The predicted molar refractivity (Wildman–Crippen MR) is 91.9 cm³/mol. The van der Waals surface area contributed by atoms with Gasteiger partial charge in [0, 0.05) is 11.7 Å². The van der Waals surface area contributed by atoms with E-state index < -0.39 is 15.6 Å². The minimum absolute atomic E-state index is 0.262. The molecule has 1 heterocycles. The summed E-state index contributed by atoms with van der Waals surface area (Å²) in [7, 11) is -3.86. The number of carbonyl (C=O) groups is 1. The highest BCUT2D eigenvalue weighted by Gasteiger charge is 2.21. The van der Waals surface area contributed by atoms with E-state index in [9.17, 15) is 13.2 Å². The number of nitrogens with one attached hydrogen (secondary N) is 1. The van der Waals surface area contributed by atoms with Crippen molar-refractivity contribution in [3.05, 3.63) is 59.8 Å². The molecule has 2 rings (SSSR count). The van der Waals surface area contributed by atoms with Crippen LogP contribution in [-0.2, 0) is 16.4 Å². The van der Waals surface area contributed by atoms with E-state index in [2.05, 4.69) is 10.3 Å². The third kappa shape index (κ3) is 5.14. The fourth-order valence-electron chi connectivity index (χ4n) is 2.23. The monoisotopic (exact) mass is 347 g/mol. The topological polar surface area (TPSA) is 102 Å². The summed E-state index contributed by atoms with van der Waals surface area (Å²) in [6.07, 6.45) is 2.82. The SMILES string of the molecule is CC(C)(CCc1ccccc1)NC(=O)c1ccc(S(N)(=O)=O)nc1. The number of hydrogen-bond donors (Lipinski definition) is 2. The summed E-state index contributed by atoms with van der Waals surface area (Å²) in [5, 5.41) is 7.67. The van der Waals surface area contributed by atoms with Crippen molar-refractivity contribution in [2.45, 2.75) is 37.3 Å². The highest BCUT2D eigenvalue weighted by molar-refractivity contribution is 7.89. The number of aromatic nitrogens is 1. The molecule has 2 aromatic rings. The van der Waals surface area contributed by atoms with Gasteiger partial charge in [0.25, 0.3) is 15.9 Å².